The maximum atomic E-state index is 12.9. The SMILES string of the molecule is N#Cc1cc(Oc2ccc(-c3nc(C(N)=O)cc(C(O)CO)n3)cc2)ccc1C(F)(F)F. The molecule has 32 heavy (non-hydrogen) atoms. The van der Waals surface area contributed by atoms with E-state index in [0.717, 1.165) is 18.2 Å². The van der Waals surface area contributed by atoms with Gasteiger partial charge in [0.15, 0.2) is 5.82 Å². The van der Waals surface area contributed by atoms with Gasteiger partial charge in [-0.25, -0.2) is 9.97 Å². The molecule has 0 bridgehead atoms. The molecule has 0 aliphatic carbocycles. The van der Waals surface area contributed by atoms with E-state index in [0.29, 0.717) is 5.56 Å². The van der Waals surface area contributed by atoms with Gasteiger partial charge in [-0.15, -0.1) is 0 Å². The van der Waals surface area contributed by atoms with Gasteiger partial charge >= 0.3 is 6.18 Å². The zero-order chi connectivity index (χ0) is 23.5. The molecule has 1 aromatic heterocycles. The first kappa shape index (κ1) is 22.7. The molecule has 0 aliphatic heterocycles. The van der Waals surface area contributed by atoms with E-state index >= 15 is 0 Å². The lowest BCUT2D eigenvalue weighted by molar-refractivity contribution is -0.137. The Kier molecular flexibility index (Phi) is 6.38. The van der Waals surface area contributed by atoms with Gasteiger partial charge < -0.3 is 20.7 Å². The number of hydrogen-bond acceptors (Lipinski definition) is 7. The monoisotopic (exact) mass is 444 g/mol. The quantitative estimate of drug-likeness (QED) is 0.530. The molecule has 1 heterocycles. The average molecular weight is 444 g/mol. The van der Waals surface area contributed by atoms with Crippen LogP contribution in [0.4, 0.5) is 13.2 Å². The Balaban J connectivity index is 1.88. The largest absolute Gasteiger partial charge is 0.457 e. The Bertz CT molecular complexity index is 1190. The zero-order valence-electron chi connectivity index (χ0n) is 16.2. The highest BCUT2D eigenvalue weighted by atomic mass is 19.4. The minimum Gasteiger partial charge on any atom is -0.457 e. The number of rotatable bonds is 6. The number of nitrogens with zero attached hydrogens (tertiary/aromatic N) is 3. The lowest BCUT2D eigenvalue weighted by Crippen LogP contribution is -2.16. The predicted octanol–water partition coefficient (Wildman–Crippen LogP) is 2.95. The predicted molar refractivity (Wildman–Crippen MR) is 104 cm³/mol. The minimum absolute atomic E-state index is 0.000383. The number of alkyl halides is 3. The van der Waals surface area contributed by atoms with Crippen LogP contribution in [0.15, 0.2) is 48.5 Å². The van der Waals surface area contributed by atoms with E-state index < -0.39 is 35.9 Å². The number of carbonyl (C=O) groups is 1. The molecule has 1 amide bonds. The molecule has 0 saturated carbocycles. The zero-order valence-corrected chi connectivity index (χ0v) is 16.2. The van der Waals surface area contributed by atoms with Gasteiger partial charge in [-0.1, -0.05) is 0 Å². The van der Waals surface area contributed by atoms with Crippen LogP contribution in [-0.2, 0) is 6.18 Å². The summed E-state index contributed by atoms with van der Waals surface area (Å²) in [5.74, 6) is -0.519. The van der Waals surface area contributed by atoms with Gasteiger partial charge in [0.1, 0.15) is 23.3 Å². The molecule has 0 fully saturated rings. The first-order chi connectivity index (χ1) is 15.1. The van der Waals surface area contributed by atoms with E-state index in [2.05, 4.69) is 9.97 Å². The van der Waals surface area contributed by atoms with Gasteiger partial charge in [-0.05, 0) is 48.5 Å². The van der Waals surface area contributed by atoms with Crippen LogP contribution in [0.2, 0.25) is 0 Å². The van der Waals surface area contributed by atoms with Crippen molar-refractivity contribution in [2.45, 2.75) is 12.3 Å². The van der Waals surface area contributed by atoms with Gasteiger partial charge in [0.25, 0.3) is 5.91 Å². The molecular weight excluding hydrogens is 429 g/mol. The number of carbonyl (C=O) groups excluding carboxylic acids is 1. The third-order valence-corrected chi connectivity index (χ3v) is 4.28. The van der Waals surface area contributed by atoms with Crippen LogP contribution in [-0.4, -0.2) is 32.7 Å². The number of nitrogens with two attached hydrogens (primary N) is 1. The lowest BCUT2D eigenvalue weighted by atomic mass is 10.1. The molecule has 11 heteroatoms. The Labute approximate surface area is 179 Å². The Morgan fingerprint density at radius 1 is 1.12 bits per heavy atom. The molecule has 1 unspecified atom stereocenters. The highest BCUT2D eigenvalue weighted by molar-refractivity contribution is 5.91. The fourth-order valence-electron chi connectivity index (χ4n) is 2.72. The van der Waals surface area contributed by atoms with Crippen LogP contribution in [0.3, 0.4) is 0 Å². The molecule has 8 nitrogen and oxygen atoms in total. The summed E-state index contributed by atoms with van der Waals surface area (Å²) in [5, 5.41) is 27.9. The van der Waals surface area contributed by atoms with E-state index in [4.69, 9.17) is 20.8 Å². The van der Waals surface area contributed by atoms with Gasteiger partial charge in [0.2, 0.25) is 0 Å². The van der Waals surface area contributed by atoms with Crippen molar-refractivity contribution in [2.24, 2.45) is 5.73 Å². The summed E-state index contributed by atoms with van der Waals surface area (Å²) in [4.78, 5) is 19.7. The summed E-state index contributed by atoms with van der Waals surface area (Å²) < 4.78 is 44.3. The van der Waals surface area contributed by atoms with E-state index in [1.165, 1.54) is 36.4 Å². The standard InChI is InChI=1S/C21H15F3N4O4/c22-21(23,24)15-6-5-14(7-12(15)9-25)32-13-3-1-11(2-4-13)20-27-16(18(30)10-29)8-17(28-20)19(26)31/h1-8,18,29-30H,10H2,(H2,26,31). The van der Waals surface area contributed by atoms with Crippen molar-refractivity contribution in [1.82, 2.24) is 9.97 Å². The number of ether oxygens (including phenoxy) is 1. The highest BCUT2D eigenvalue weighted by Gasteiger charge is 2.33. The van der Waals surface area contributed by atoms with Gasteiger partial charge in [0, 0.05) is 5.56 Å². The number of amides is 1. The molecule has 0 aliphatic rings. The molecule has 3 rings (SSSR count). The molecule has 164 valence electrons. The Morgan fingerprint density at radius 2 is 1.78 bits per heavy atom. The topological polar surface area (TPSA) is 142 Å². The minimum atomic E-state index is -4.66. The Hall–Kier alpha value is -4.01. The third kappa shape index (κ3) is 5.00. The van der Waals surface area contributed by atoms with Crippen LogP contribution in [0.5, 0.6) is 11.5 Å². The van der Waals surface area contributed by atoms with Crippen LogP contribution in [0.25, 0.3) is 11.4 Å². The van der Waals surface area contributed by atoms with Crippen molar-refractivity contribution in [2.75, 3.05) is 6.61 Å². The molecule has 0 spiro atoms. The number of nitriles is 1. The molecule has 1 atom stereocenters. The highest BCUT2D eigenvalue weighted by Crippen LogP contribution is 2.34. The molecule has 0 radical (unpaired) electrons. The number of hydrogen-bond donors (Lipinski definition) is 3. The first-order valence-corrected chi connectivity index (χ1v) is 8.99. The van der Waals surface area contributed by atoms with Crippen molar-refractivity contribution >= 4 is 5.91 Å². The van der Waals surface area contributed by atoms with Crippen molar-refractivity contribution in [3.63, 3.8) is 0 Å². The van der Waals surface area contributed by atoms with E-state index in [9.17, 15) is 23.1 Å². The summed E-state index contributed by atoms with van der Waals surface area (Å²) >= 11 is 0. The van der Waals surface area contributed by atoms with Gasteiger partial charge in [0.05, 0.1) is 29.5 Å². The van der Waals surface area contributed by atoms with Gasteiger partial charge in [-0.2, -0.15) is 18.4 Å². The summed E-state index contributed by atoms with van der Waals surface area (Å²) in [7, 11) is 0. The maximum Gasteiger partial charge on any atom is 0.417 e. The van der Waals surface area contributed by atoms with Crippen LogP contribution >= 0.6 is 0 Å². The van der Waals surface area contributed by atoms with Crippen molar-refractivity contribution < 1.29 is 32.9 Å². The molecule has 4 N–H and O–H groups in total. The summed E-state index contributed by atoms with van der Waals surface area (Å²) in [6, 6.07) is 11.5. The lowest BCUT2D eigenvalue weighted by Gasteiger charge is -2.12. The van der Waals surface area contributed by atoms with Crippen molar-refractivity contribution in [3.8, 4) is 29.0 Å². The molecule has 3 aromatic rings. The smallest absolute Gasteiger partial charge is 0.417 e. The second-order valence-corrected chi connectivity index (χ2v) is 6.51. The number of primary amides is 1. The number of aromatic nitrogens is 2. The second-order valence-electron chi connectivity index (χ2n) is 6.51. The summed E-state index contributed by atoms with van der Waals surface area (Å²) in [6.07, 6.45) is -6.00. The first-order valence-electron chi connectivity index (χ1n) is 8.99. The van der Waals surface area contributed by atoms with Crippen LogP contribution < -0.4 is 10.5 Å². The van der Waals surface area contributed by atoms with E-state index in [1.54, 1.807) is 0 Å². The number of aliphatic hydroxyl groups excluding tert-OH is 2. The van der Waals surface area contributed by atoms with Crippen molar-refractivity contribution in [1.29, 1.82) is 5.26 Å². The van der Waals surface area contributed by atoms with Crippen LogP contribution in [0.1, 0.15) is 33.4 Å². The molecule has 2 aromatic carbocycles. The fraction of sp³-hybridized carbons (Fsp3) is 0.143. The molecule has 0 saturated heterocycles. The third-order valence-electron chi connectivity index (χ3n) is 4.28. The van der Waals surface area contributed by atoms with E-state index in [-0.39, 0.29) is 28.7 Å². The summed E-state index contributed by atoms with van der Waals surface area (Å²) in [6.45, 7) is -0.626. The van der Waals surface area contributed by atoms with Crippen LogP contribution in [0, 0.1) is 11.3 Å². The maximum absolute atomic E-state index is 12.9. The number of halogens is 3. The summed E-state index contributed by atoms with van der Waals surface area (Å²) in [5.41, 5.74) is 3.88. The van der Waals surface area contributed by atoms with Gasteiger partial charge in [-0.3, -0.25) is 4.79 Å². The average Bonchev–Trinajstić information content (AvgIpc) is 2.77. The normalized spacial score (nSPS) is 12.1. The Morgan fingerprint density at radius 3 is 2.34 bits per heavy atom. The molecular formula is C21H15F3N4O4. The fourth-order valence-corrected chi connectivity index (χ4v) is 2.72. The second kappa shape index (κ2) is 9.01. The number of benzene rings is 2. The van der Waals surface area contributed by atoms with E-state index in [1.807, 2.05) is 0 Å². The number of aliphatic hydroxyl groups is 2. The van der Waals surface area contributed by atoms with Crippen molar-refractivity contribution in [3.05, 3.63) is 71.0 Å².